The molecule has 0 saturated heterocycles. The van der Waals surface area contributed by atoms with Gasteiger partial charge in [0.15, 0.2) is 0 Å². The van der Waals surface area contributed by atoms with Crippen molar-refractivity contribution < 1.29 is 13.0 Å². The van der Waals surface area contributed by atoms with Gasteiger partial charge in [-0.1, -0.05) is 102 Å². The molecule has 0 atom stereocenters. The van der Waals surface area contributed by atoms with E-state index in [9.17, 15) is 13.0 Å². The predicted octanol–water partition coefficient (Wildman–Crippen LogP) is 7.89. The van der Waals surface area contributed by atoms with E-state index in [0.717, 1.165) is 54.0 Å². The summed E-state index contributed by atoms with van der Waals surface area (Å²) in [5, 5.41) is 2.13. The minimum Gasteiger partial charge on any atom is -0.282 e. The van der Waals surface area contributed by atoms with Gasteiger partial charge in [-0.15, -0.1) is 0 Å². The van der Waals surface area contributed by atoms with E-state index in [4.69, 9.17) is 0 Å². The zero-order chi connectivity index (χ0) is 21.8. The Morgan fingerprint density at radius 2 is 1.20 bits per heavy atom. The first-order valence-corrected chi connectivity index (χ1v) is 13.4. The molecule has 0 radical (unpaired) electrons. The molecule has 2 aromatic carbocycles. The van der Waals surface area contributed by atoms with Gasteiger partial charge in [0.1, 0.15) is 0 Å². The molecule has 0 amide bonds. The lowest BCUT2D eigenvalue weighted by Gasteiger charge is -2.16. The molecular formula is C26H40O3S. The monoisotopic (exact) mass is 432 g/mol. The maximum absolute atomic E-state index is 12.2. The molecule has 2 aromatic rings. The average molecular weight is 433 g/mol. The Morgan fingerprint density at radius 3 is 1.77 bits per heavy atom. The van der Waals surface area contributed by atoms with Crippen LogP contribution in [0.4, 0.5) is 0 Å². The van der Waals surface area contributed by atoms with Gasteiger partial charge < -0.3 is 0 Å². The first-order valence-electron chi connectivity index (χ1n) is 12.0. The van der Waals surface area contributed by atoms with E-state index in [2.05, 4.69) is 19.9 Å². The van der Waals surface area contributed by atoms with Crippen LogP contribution >= 0.6 is 0 Å². The third-order valence-corrected chi connectivity index (χ3v) is 6.98. The summed E-state index contributed by atoms with van der Waals surface area (Å²) in [5.74, 6) is 0. The summed E-state index contributed by atoms with van der Waals surface area (Å²) in [6.07, 6.45) is 15.7. The third-order valence-electron chi connectivity index (χ3n) is 6.06. The first kappa shape index (κ1) is 24.9. The SMILES string of the molecule is CCCCCCCCc1cc(S(=O)(=O)O)c(CCCCCCCC)c2ccccc12. The highest BCUT2D eigenvalue weighted by atomic mass is 32.2. The first-order chi connectivity index (χ1) is 14.5. The second-order valence-corrected chi connectivity index (χ2v) is 9.96. The molecule has 0 aliphatic carbocycles. The van der Waals surface area contributed by atoms with Crippen molar-refractivity contribution in [3.63, 3.8) is 0 Å². The summed E-state index contributed by atoms with van der Waals surface area (Å²) in [6, 6.07) is 9.85. The summed E-state index contributed by atoms with van der Waals surface area (Å²) in [4.78, 5) is 0.121. The Bertz CT molecular complexity index is 871. The molecule has 0 fully saturated rings. The maximum Gasteiger partial charge on any atom is 0.294 e. The van der Waals surface area contributed by atoms with Gasteiger partial charge in [-0.2, -0.15) is 8.42 Å². The number of benzene rings is 2. The van der Waals surface area contributed by atoms with Crippen LogP contribution in [-0.2, 0) is 23.0 Å². The van der Waals surface area contributed by atoms with Crippen molar-refractivity contribution in [1.82, 2.24) is 0 Å². The molecule has 0 spiro atoms. The minimum absolute atomic E-state index is 0.121. The molecule has 1 N–H and O–H groups in total. The van der Waals surface area contributed by atoms with Crippen LogP contribution in [0.3, 0.4) is 0 Å². The Morgan fingerprint density at radius 1 is 0.700 bits per heavy atom. The quantitative estimate of drug-likeness (QED) is 0.230. The molecule has 4 heteroatoms. The van der Waals surface area contributed by atoms with Crippen LogP contribution in [0.2, 0.25) is 0 Å². The summed E-state index contributed by atoms with van der Waals surface area (Å²) in [5.41, 5.74) is 1.83. The fraction of sp³-hybridized carbons (Fsp3) is 0.615. The van der Waals surface area contributed by atoms with Crippen LogP contribution < -0.4 is 0 Å². The molecule has 0 unspecified atom stereocenters. The van der Waals surface area contributed by atoms with Gasteiger partial charge in [0.2, 0.25) is 0 Å². The van der Waals surface area contributed by atoms with E-state index in [0.29, 0.717) is 6.42 Å². The molecule has 0 heterocycles. The minimum atomic E-state index is -4.24. The van der Waals surface area contributed by atoms with Crippen LogP contribution in [0, 0.1) is 0 Å². The molecule has 0 aliphatic heterocycles. The van der Waals surface area contributed by atoms with Gasteiger partial charge in [0.25, 0.3) is 10.1 Å². The fourth-order valence-electron chi connectivity index (χ4n) is 4.35. The smallest absolute Gasteiger partial charge is 0.282 e. The van der Waals surface area contributed by atoms with Gasteiger partial charge >= 0.3 is 0 Å². The summed E-state index contributed by atoms with van der Waals surface area (Å²) in [6.45, 7) is 4.42. The molecule has 30 heavy (non-hydrogen) atoms. The largest absolute Gasteiger partial charge is 0.294 e. The normalized spacial score (nSPS) is 12.0. The lowest BCUT2D eigenvalue weighted by molar-refractivity contribution is 0.481. The molecule has 0 bridgehead atoms. The van der Waals surface area contributed by atoms with Crippen molar-refractivity contribution in [1.29, 1.82) is 0 Å². The molecule has 3 nitrogen and oxygen atoms in total. The fourth-order valence-corrected chi connectivity index (χ4v) is 5.17. The lowest BCUT2D eigenvalue weighted by Crippen LogP contribution is -2.06. The van der Waals surface area contributed by atoms with Crippen molar-refractivity contribution >= 4 is 20.9 Å². The number of rotatable bonds is 15. The standard InChI is InChI=1S/C26H40O3S/c1-3-5-7-9-11-13-17-22-21-26(30(27,28)29)25(20-14-12-10-8-6-4-2)24-19-16-15-18-23(22)24/h15-16,18-19,21H,3-14,17,20H2,1-2H3,(H,27,28,29). The topological polar surface area (TPSA) is 54.4 Å². The van der Waals surface area contributed by atoms with Crippen LogP contribution in [0.1, 0.15) is 102 Å². The number of fused-ring (bicyclic) bond motifs is 1. The van der Waals surface area contributed by atoms with Gasteiger partial charge in [0, 0.05) is 0 Å². The highest BCUT2D eigenvalue weighted by Gasteiger charge is 2.20. The Kier molecular flexibility index (Phi) is 10.9. The van der Waals surface area contributed by atoms with E-state index in [1.54, 1.807) is 6.07 Å². The maximum atomic E-state index is 12.2. The highest BCUT2D eigenvalue weighted by Crippen LogP contribution is 2.32. The van der Waals surface area contributed by atoms with Crippen LogP contribution in [0.25, 0.3) is 10.8 Å². The molecule has 0 aliphatic rings. The Hall–Kier alpha value is -1.39. The van der Waals surface area contributed by atoms with Crippen molar-refractivity contribution in [3.05, 3.63) is 41.5 Å². The number of hydrogen-bond acceptors (Lipinski definition) is 2. The van der Waals surface area contributed by atoms with Crippen molar-refractivity contribution in [3.8, 4) is 0 Å². The summed E-state index contributed by atoms with van der Waals surface area (Å²) in [7, 11) is -4.24. The van der Waals surface area contributed by atoms with Gasteiger partial charge in [-0.05, 0) is 53.6 Å². The van der Waals surface area contributed by atoms with Gasteiger partial charge in [-0.25, -0.2) is 0 Å². The number of unbranched alkanes of at least 4 members (excludes halogenated alkanes) is 10. The van der Waals surface area contributed by atoms with Crippen LogP contribution in [0.15, 0.2) is 35.2 Å². The Labute approximate surface area is 184 Å². The predicted molar refractivity (Wildman–Crippen MR) is 128 cm³/mol. The highest BCUT2D eigenvalue weighted by molar-refractivity contribution is 7.85. The van der Waals surface area contributed by atoms with Crippen LogP contribution in [0.5, 0.6) is 0 Å². The average Bonchev–Trinajstić information content (AvgIpc) is 2.72. The van der Waals surface area contributed by atoms with Gasteiger partial charge in [0.05, 0.1) is 4.90 Å². The summed E-state index contributed by atoms with van der Waals surface area (Å²) >= 11 is 0. The van der Waals surface area contributed by atoms with E-state index >= 15 is 0 Å². The second-order valence-electron chi connectivity index (χ2n) is 8.57. The number of aryl methyl sites for hydroxylation is 2. The third kappa shape index (κ3) is 7.70. The van der Waals surface area contributed by atoms with E-state index < -0.39 is 10.1 Å². The van der Waals surface area contributed by atoms with E-state index in [-0.39, 0.29) is 4.90 Å². The molecule has 2 rings (SSSR count). The number of hydrogen-bond donors (Lipinski definition) is 1. The molecule has 168 valence electrons. The lowest BCUT2D eigenvalue weighted by atomic mass is 9.93. The summed E-state index contributed by atoms with van der Waals surface area (Å²) < 4.78 is 34.4. The Balaban J connectivity index is 2.21. The van der Waals surface area contributed by atoms with Crippen molar-refractivity contribution in [2.24, 2.45) is 0 Å². The van der Waals surface area contributed by atoms with E-state index in [1.165, 1.54) is 51.4 Å². The van der Waals surface area contributed by atoms with Crippen molar-refractivity contribution in [2.75, 3.05) is 0 Å². The zero-order valence-electron chi connectivity index (χ0n) is 19.0. The van der Waals surface area contributed by atoms with Crippen molar-refractivity contribution in [2.45, 2.75) is 109 Å². The van der Waals surface area contributed by atoms with E-state index in [1.807, 2.05) is 18.2 Å². The van der Waals surface area contributed by atoms with Gasteiger partial charge in [-0.3, -0.25) is 4.55 Å². The molecule has 0 aromatic heterocycles. The zero-order valence-corrected chi connectivity index (χ0v) is 19.8. The molecular weight excluding hydrogens is 392 g/mol. The van der Waals surface area contributed by atoms with Crippen LogP contribution in [-0.4, -0.2) is 13.0 Å². The molecule has 0 saturated carbocycles. The second kappa shape index (κ2) is 13.1.